The van der Waals surface area contributed by atoms with Gasteiger partial charge >= 0.3 is 0 Å². The molecule has 1 aliphatic rings. The Hall–Kier alpha value is -1.65. The van der Waals surface area contributed by atoms with Gasteiger partial charge in [-0.05, 0) is 42.3 Å². The van der Waals surface area contributed by atoms with E-state index in [0.29, 0.717) is 5.25 Å². The van der Waals surface area contributed by atoms with Gasteiger partial charge in [0.2, 0.25) is 0 Å². The van der Waals surface area contributed by atoms with Crippen molar-refractivity contribution in [3.05, 3.63) is 64.7 Å². The number of thioether (sulfide) groups is 1. The van der Waals surface area contributed by atoms with E-state index < -0.39 is 0 Å². The van der Waals surface area contributed by atoms with Crippen LogP contribution in [0.4, 0.5) is 5.69 Å². The molecule has 2 aromatic carbocycles. The van der Waals surface area contributed by atoms with Gasteiger partial charge in [0, 0.05) is 54.5 Å². The molecule has 2 aromatic rings. The number of benzene rings is 2. The van der Waals surface area contributed by atoms with Crippen molar-refractivity contribution in [1.29, 1.82) is 0 Å². The quantitative estimate of drug-likeness (QED) is 0.776. The van der Waals surface area contributed by atoms with Crippen LogP contribution in [0.15, 0.2) is 48.5 Å². The number of nitrogens with zero attached hydrogens (tertiary/aromatic N) is 2. The fraction of sp³-hybridized carbons (Fsp3) is 0.350. The van der Waals surface area contributed by atoms with Crippen LogP contribution in [0.3, 0.4) is 0 Å². The summed E-state index contributed by atoms with van der Waals surface area (Å²) in [6.45, 7) is 1.54. The van der Waals surface area contributed by atoms with Gasteiger partial charge in [-0.1, -0.05) is 29.8 Å². The number of amides is 1. The summed E-state index contributed by atoms with van der Waals surface area (Å²) in [5, 5.41) is 1.17. The Bertz CT molecular complexity index is 733. The molecule has 1 amide bonds. The lowest BCUT2D eigenvalue weighted by atomic mass is 10.1. The summed E-state index contributed by atoms with van der Waals surface area (Å²) in [7, 11) is 4.00. The second-order valence-electron chi connectivity index (χ2n) is 6.40. The number of halogens is 1. The Kier molecular flexibility index (Phi) is 5.92. The van der Waals surface area contributed by atoms with Gasteiger partial charge in [0.15, 0.2) is 0 Å². The van der Waals surface area contributed by atoms with Crippen molar-refractivity contribution in [2.24, 2.45) is 0 Å². The minimum atomic E-state index is 0.116. The van der Waals surface area contributed by atoms with E-state index in [0.717, 1.165) is 41.5 Å². The van der Waals surface area contributed by atoms with Gasteiger partial charge in [0.1, 0.15) is 0 Å². The molecule has 1 heterocycles. The highest BCUT2D eigenvalue weighted by molar-refractivity contribution is 7.99. The number of anilines is 1. The molecule has 0 saturated carbocycles. The zero-order chi connectivity index (χ0) is 17.8. The molecule has 5 heteroatoms. The van der Waals surface area contributed by atoms with Crippen molar-refractivity contribution in [2.75, 3.05) is 37.8 Å². The first-order valence-corrected chi connectivity index (χ1v) is 9.91. The summed E-state index contributed by atoms with van der Waals surface area (Å²) in [6, 6.07) is 15.8. The van der Waals surface area contributed by atoms with Crippen molar-refractivity contribution in [2.45, 2.75) is 11.7 Å². The van der Waals surface area contributed by atoms with E-state index >= 15 is 0 Å². The van der Waals surface area contributed by atoms with Crippen LogP contribution >= 0.6 is 23.4 Å². The van der Waals surface area contributed by atoms with Gasteiger partial charge < -0.3 is 9.80 Å². The second-order valence-corrected chi connectivity index (χ2v) is 8.12. The van der Waals surface area contributed by atoms with E-state index in [-0.39, 0.29) is 5.91 Å². The minimum Gasteiger partial charge on any atom is -0.378 e. The van der Waals surface area contributed by atoms with Gasteiger partial charge in [-0.2, -0.15) is 11.8 Å². The molecule has 25 heavy (non-hydrogen) atoms. The Balaban J connectivity index is 1.68. The Labute approximate surface area is 159 Å². The van der Waals surface area contributed by atoms with Gasteiger partial charge in [0.25, 0.3) is 5.91 Å². The summed E-state index contributed by atoms with van der Waals surface area (Å²) >= 11 is 8.24. The first-order chi connectivity index (χ1) is 12.1. The topological polar surface area (TPSA) is 23.6 Å². The Morgan fingerprint density at radius 1 is 1.12 bits per heavy atom. The molecule has 1 unspecified atom stereocenters. The van der Waals surface area contributed by atoms with Crippen LogP contribution in [0, 0.1) is 0 Å². The monoisotopic (exact) mass is 374 g/mol. The predicted octanol–water partition coefficient (Wildman–Crippen LogP) is 4.73. The summed E-state index contributed by atoms with van der Waals surface area (Å²) in [6.07, 6.45) is 0.927. The SMILES string of the molecule is CN(C)c1ccc(C(=O)N2CCSC(c3ccccc3Cl)CC2)cc1. The third kappa shape index (κ3) is 4.31. The van der Waals surface area contributed by atoms with Gasteiger partial charge in [-0.15, -0.1) is 0 Å². The van der Waals surface area contributed by atoms with Crippen LogP contribution in [0.25, 0.3) is 0 Å². The molecular formula is C20H23ClN2OS. The fourth-order valence-electron chi connectivity index (χ4n) is 3.04. The molecule has 3 rings (SSSR count). The molecule has 0 N–H and O–H groups in total. The van der Waals surface area contributed by atoms with Crippen LogP contribution in [0.2, 0.25) is 5.02 Å². The molecular weight excluding hydrogens is 352 g/mol. The molecule has 1 atom stereocenters. The molecule has 1 fully saturated rings. The van der Waals surface area contributed by atoms with Crippen LogP contribution in [0.1, 0.15) is 27.6 Å². The van der Waals surface area contributed by atoms with Crippen molar-refractivity contribution in [3.8, 4) is 0 Å². The molecule has 132 valence electrons. The van der Waals surface area contributed by atoms with Crippen molar-refractivity contribution in [3.63, 3.8) is 0 Å². The maximum absolute atomic E-state index is 12.8. The largest absolute Gasteiger partial charge is 0.378 e. The highest BCUT2D eigenvalue weighted by atomic mass is 35.5. The highest BCUT2D eigenvalue weighted by Crippen LogP contribution is 2.38. The highest BCUT2D eigenvalue weighted by Gasteiger charge is 2.24. The molecule has 0 spiro atoms. The van der Waals surface area contributed by atoms with E-state index in [4.69, 9.17) is 11.6 Å². The molecule has 0 aliphatic carbocycles. The minimum absolute atomic E-state index is 0.116. The Morgan fingerprint density at radius 2 is 1.84 bits per heavy atom. The van der Waals surface area contributed by atoms with E-state index in [9.17, 15) is 4.79 Å². The average Bonchev–Trinajstić information content (AvgIpc) is 2.87. The third-order valence-electron chi connectivity index (χ3n) is 4.51. The summed E-state index contributed by atoms with van der Waals surface area (Å²) in [5.74, 6) is 1.04. The zero-order valence-corrected chi connectivity index (χ0v) is 16.2. The van der Waals surface area contributed by atoms with Crippen LogP contribution in [-0.2, 0) is 0 Å². The van der Waals surface area contributed by atoms with Crippen LogP contribution < -0.4 is 4.90 Å². The van der Waals surface area contributed by atoms with Crippen LogP contribution in [0.5, 0.6) is 0 Å². The number of hydrogen-bond acceptors (Lipinski definition) is 3. The van der Waals surface area contributed by atoms with Crippen molar-refractivity contribution < 1.29 is 4.79 Å². The smallest absolute Gasteiger partial charge is 0.253 e. The molecule has 3 nitrogen and oxygen atoms in total. The third-order valence-corrected chi connectivity index (χ3v) is 6.17. The van der Waals surface area contributed by atoms with Crippen LogP contribution in [-0.4, -0.2) is 43.7 Å². The zero-order valence-electron chi connectivity index (χ0n) is 14.6. The first-order valence-electron chi connectivity index (χ1n) is 8.49. The van der Waals surface area contributed by atoms with E-state index in [1.807, 2.05) is 78.1 Å². The summed E-state index contributed by atoms with van der Waals surface area (Å²) < 4.78 is 0. The normalized spacial score (nSPS) is 17.9. The standard InChI is InChI=1S/C20H23ClN2OS/c1-22(2)16-9-7-15(8-10-16)20(24)23-12-11-19(25-14-13-23)17-5-3-4-6-18(17)21/h3-10,19H,11-14H2,1-2H3. The molecule has 1 aliphatic heterocycles. The number of carbonyl (C=O) groups excluding carboxylic acids is 1. The molecule has 0 bridgehead atoms. The predicted molar refractivity (Wildman–Crippen MR) is 108 cm³/mol. The van der Waals surface area contributed by atoms with E-state index in [1.165, 1.54) is 5.56 Å². The first kappa shape index (κ1) is 18.2. The van der Waals surface area contributed by atoms with Crippen molar-refractivity contribution >= 4 is 35.0 Å². The summed E-state index contributed by atoms with van der Waals surface area (Å²) in [4.78, 5) is 16.8. The van der Waals surface area contributed by atoms with E-state index in [2.05, 4.69) is 6.07 Å². The number of carbonyl (C=O) groups is 1. The molecule has 0 aromatic heterocycles. The number of rotatable bonds is 3. The van der Waals surface area contributed by atoms with E-state index in [1.54, 1.807) is 0 Å². The maximum atomic E-state index is 12.8. The molecule has 0 radical (unpaired) electrons. The maximum Gasteiger partial charge on any atom is 0.253 e. The van der Waals surface area contributed by atoms with Gasteiger partial charge in [-0.3, -0.25) is 4.79 Å². The number of hydrogen-bond donors (Lipinski definition) is 0. The average molecular weight is 375 g/mol. The Morgan fingerprint density at radius 3 is 2.52 bits per heavy atom. The lowest BCUT2D eigenvalue weighted by Crippen LogP contribution is -2.33. The van der Waals surface area contributed by atoms with Crippen molar-refractivity contribution in [1.82, 2.24) is 4.90 Å². The van der Waals surface area contributed by atoms with Gasteiger partial charge in [-0.25, -0.2) is 0 Å². The lowest BCUT2D eigenvalue weighted by Gasteiger charge is -2.21. The second kappa shape index (κ2) is 8.15. The molecule has 1 saturated heterocycles. The lowest BCUT2D eigenvalue weighted by molar-refractivity contribution is 0.0766. The fourth-order valence-corrected chi connectivity index (χ4v) is 4.64. The van der Waals surface area contributed by atoms with Gasteiger partial charge in [0.05, 0.1) is 0 Å². The summed E-state index contributed by atoms with van der Waals surface area (Å²) in [5.41, 5.74) is 3.03.